The number of anilines is 1. The van der Waals surface area contributed by atoms with E-state index in [0.717, 1.165) is 12.2 Å². The Morgan fingerprint density at radius 2 is 1.68 bits per heavy atom. The average molecular weight is 332 g/mol. The number of benzene rings is 3. The number of rotatable bonds is 4. The smallest absolute Gasteiger partial charge is 0.162 e. The summed E-state index contributed by atoms with van der Waals surface area (Å²) < 4.78 is 2.31. The summed E-state index contributed by atoms with van der Waals surface area (Å²) in [5.41, 5.74) is 4.10. The molecule has 3 N–H and O–H groups in total. The third kappa shape index (κ3) is 2.56. The lowest BCUT2D eigenvalue weighted by Gasteiger charge is -2.10. The molecule has 25 heavy (non-hydrogen) atoms. The van der Waals surface area contributed by atoms with Crippen LogP contribution < -0.4 is 5.32 Å². The number of aromatic hydroxyl groups is 2. The Kier molecular flexibility index (Phi) is 3.73. The number of aryl methyl sites for hydroxylation is 1. The average Bonchev–Trinajstić information content (AvgIpc) is 2.96. The summed E-state index contributed by atoms with van der Waals surface area (Å²) in [6.45, 7) is 3.52. The molecule has 1 heterocycles. The summed E-state index contributed by atoms with van der Waals surface area (Å²) >= 11 is 0. The highest BCUT2D eigenvalue weighted by Gasteiger charge is 2.10. The van der Waals surface area contributed by atoms with Gasteiger partial charge in [-0.3, -0.25) is 0 Å². The quantitative estimate of drug-likeness (QED) is 0.469. The molecule has 0 saturated carbocycles. The third-order valence-electron chi connectivity index (χ3n) is 4.67. The van der Waals surface area contributed by atoms with Crippen LogP contribution in [0, 0.1) is 0 Å². The minimum atomic E-state index is -0.0965. The number of fused-ring (bicyclic) bond motifs is 3. The molecular weight excluding hydrogens is 312 g/mol. The van der Waals surface area contributed by atoms with Crippen molar-refractivity contribution < 1.29 is 10.2 Å². The molecule has 0 amide bonds. The van der Waals surface area contributed by atoms with Crippen molar-refractivity contribution in [2.24, 2.45) is 0 Å². The van der Waals surface area contributed by atoms with Gasteiger partial charge < -0.3 is 20.1 Å². The Morgan fingerprint density at radius 1 is 0.880 bits per heavy atom. The Bertz CT molecular complexity index is 1070. The largest absolute Gasteiger partial charge is 0.504 e. The van der Waals surface area contributed by atoms with Crippen LogP contribution >= 0.6 is 0 Å². The number of aromatic nitrogens is 1. The third-order valence-corrected chi connectivity index (χ3v) is 4.67. The van der Waals surface area contributed by atoms with Gasteiger partial charge >= 0.3 is 0 Å². The summed E-state index contributed by atoms with van der Waals surface area (Å²) in [7, 11) is 0. The number of hydrogen-bond acceptors (Lipinski definition) is 3. The van der Waals surface area contributed by atoms with E-state index in [1.54, 1.807) is 12.1 Å². The van der Waals surface area contributed by atoms with Crippen LogP contribution in [0.2, 0.25) is 0 Å². The minimum Gasteiger partial charge on any atom is -0.504 e. The molecule has 0 spiro atoms. The van der Waals surface area contributed by atoms with E-state index in [-0.39, 0.29) is 11.5 Å². The number of nitrogens with zero attached hydrogens (tertiary/aromatic N) is 1. The molecule has 0 atom stereocenters. The predicted octanol–water partition coefficient (Wildman–Crippen LogP) is 4.84. The van der Waals surface area contributed by atoms with Gasteiger partial charge in [0.25, 0.3) is 0 Å². The first-order chi connectivity index (χ1) is 12.2. The molecule has 0 saturated heterocycles. The van der Waals surface area contributed by atoms with Crippen LogP contribution in [0.4, 0.5) is 5.69 Å². The lowest BCUT2D eigenvalue weighted by atomic mass is 10.1. The van der Waals surface area contributed by atoms with E-state index in [9.17, 15) is 10.2 Å². The minimum absolute atomic E-state index is 0.0707. The van der Waals surface area contributed by atoms with Gasteiger partial charge in [-0.1, -0.05) is 30.3 Å². The van der Waals surface area contributed by atoms with Crippen LogP contribution in [0.25, 0.3) is 21.8 Å². The highest BCUT2D eigenvalue weighted by molar-refractivity contribution is 6.09. The summed E-state index contributed by atoms with van der Waals surface area (Å²) in [6.07, 6.45) is 0. The van der Waals surface area contributed by atoms with Crippen LogP contribution in [-0.2, 0) is 13.1 Å². The van der Waals surface area contributed by atoms with Crippen LogP contribution in [0.3, 0.4) is 0 Å². The molecule has 0 aliphatic carbocycles. The first-order valence-corrected chi connectivity index (χ1v) is 8.43. The maximum Gasteiger partial charge on any atom is 0.162 e. The maximum absolute atomic E-state index is 9.93. The molecule has 0 radical (unpaired) electrons. The van der Waals surface area contributed by atoms with Crippen molar-refractivity contribution in [3.05, 3.63) is 66.2 Å². The van der Waals surface area contributed by atoms with E-state index < -0.39 is 0 Å². The normalized spacial score (nSPS) is 11.2. The summed E-state index contributed by atoms with van der Waals surface area (Å²) in [4.78, 5) is 0. The first-order valence-electron chi connectivity index (χ1n) is 8.43. The first kappa shape index (κ1) is 15.4. The van der Waals surface area contributed by atoms with Gasteiger partial charge in [-0.15, -0.1) is 0 Å². The molecule has 126 valence electrons. The van der Waals surface area contributed by atoms with Crippen molar-refractivity contribution in [3.63, 3.8) is 0 Å². The standard InChI is InChI=1S/C21H20N2O2/c1-2-23-18-8-4-3-7-16(18)17-12-15(10-11-19(17)23)22-13-14-6-5-9-20(24)21(14)25/h3-12,22,24-25H,2,13H2,1H3. The van der Waals surface area contributed by atoms with Crippen molar-refractivity contribution in [1.82, 2.24) is 4.57 Å². The van der Waals surface area contributed by atoms with Crippen LogP contribution in [0.15, 0.2) is 60.7 Å². The van der Waals surface area contributed by atoms with Crippen LogP contribution in [0.5, 0.6) is 11.5 Å². The van der Waals surface area contributed by atoms with Gasteiger partial charge in [0.2, 0.25) is 0 Å². The molecular formula is C21H20N2O2. The Hall–Kier alpha value is -3.14. The van der Waals surface area contributed by atoms with Gasteiger partial charge in [0, 0.05) is 46.1 Å². The number of para-hydroxylation sites is 2. The topological polar surface area (TPSA) is 57.4 Å². The van der Waals surface area contributed by atoms with Gasteiger partial charge in [0.15, 0.2) is 11.5 Å². The molecule has 4 nitrogen and oxygen atoms in total. The van der Waals surface area contributed by atoms with E-state index in [4.69, 9.17) is 0 Å². The zero-order chi connectivity index (χ0) is 17.4. The zero-order valence-electron chi connectivity index (χ0n) is 14.0. The monoisotopic (exact) mass is 332 g/mol. The summed E-state index contributed by atoms with van der Waals surface area (Å²) in [5.74, 6) is -0.167. The lowest BCUT2D eigenvalue weighted by molar-refractivity contribution is 0.400. The molecule has 0 aliphatic heterocycles. The lowest BCUT2D eigenvalue weighted by Crippen LogP contribution is -2.00. The number of phenols is 2. The molecule has 0 aliphatic rings. The van der Waals surface area contributed by atoms with E-state index in [1.807, 2.05) is 6.07 Å². The van der Waals surface area contributed by atoms with Crippen LogP contribution in [0.1, 0.15) is 12.5 Å². The fraction of sp³-hybridized carbons (Fsp3) is 0.143. The van der Waals surface area contributed by atoms with E-state index in [0.29, 0.717) is 12.1 Å². The highest BCUT2D eigenvalue weighted by Crippen LogP contribution is 2.32. The molecule has 1 aromatic heterocycles. The van der Waals surface area contributed by atoms with Gasteiger partial charge in [0.05, 0.1) is 0 Å². The predicted molar refractivity (Wildman–Crippen MR) is 102 cm³/mol. The van der Waals surface area contributed by atoms with Crippen molar-refractivity contribution in [2.45, 2.75) is 20.0 Å². The Morgan fingerprint density at radius 3 is 2.52 bits per heavy atom. The molecule has 4 aromatic rings. The molecule has 4 rings (SSSR count). The zero-order valence-corrected chi connectivity index (χ0v) is 14.0. The van der Waals surface area contributed by atoms with Gasteiger partial charge in [-0.2, -0.15) is 0 Å². The van der Waals surface area contributed by atoms with E-state index >= 15 is 0 Å². The highest BCUT2D eigenvalue weighted by atomic mass is 16.3. The van der Waals surface area contributed by atoms with E-state index in [2.05, 4.69) is 53.2 Å². The van der Waals surface area contributed by atoms with E-state index in [1.165, 1.54) is 27.9 Å². The van der Waals surface area contributed by atoms with Gasteiger partial charge in [-0.25, -0.2) is 0 Å². The number of phenolic OH excluding ortho intramolecular Hbond substituents is 2. The molecule has 4 heteroatoms. The molecule has 0 fully saturated rings. The second kappa shape index (κ2) is 6.06. The van der Waals surface area contributed by atoms with Gasteiger partial charge in [0.1, 0.15) is 0 Å². The van der Waals surface area contributed by atoms with Crippen LogP contribution in [-0.4, -0.2) is 14.8 Å². The number of nitrogens with one attached hydrogen (secondary N) is 1. The van der Waals surface area contributed by atoms with Crippen molar-refractivity contribution in [1.29, 1.82) is 0 Å². The fourth-order valence-corrected chi connectivity index (χ4v) is 3.42. The SMILES string of the molecule is CCn1c2ccccc2c2cc(NCc3cccc(O)c3O)ccc21. The summed E-state index contributed by atoms with van der Waals surface area (Å²) in [5, 5.41) is 25.3. The van der Waals surface area contributed by atoms with Crippen molar-refractivity contribution in [2.75, 3.05) is 5.32 Å². The number of hydrogen-bond donors (Lipinski definition) is 3. The summed E-state index contributed by atoms with van der Waals surface area (Å²) in [6, 6.07) is 19.7. The maximum atomic E-state index is 9.93. The van der Waals surface area contributed by atoms with Crippen molar-refractivity contribution >= 4 is 27.5 Å². The fourth-order valence-electron chi connectivity index (χ4n) is 3.42. The van der Waals surface area contributed by atoms with Gasteiger partial charge in [-0.05, 0) is 37.3 Å². The Balaban J connectivity index is 1.72. The molecule has 0 unspecified atom stereocenters. The van der Waals surface area contributed by atoms with Crippen molar-refractivity contribution in [3.8, 4) is 11.5 Å². The molecule has 3 aromatic carbocycles. The second-order valence-electron chi connectivity index (χ2n) is 6.13. The Labute approximate surface area is 146 Å². The second-order valence-corrected chi connectivity index (χ2v) is 6.13. The molecule has 0 bridgehead atoms.